The third-order valence-corrected chi connectivity index (χ3v) is 8.31. The molecule has 0 aliphatic carbocycles. The summed E-state index contributed by atoms with van der Waals surface area (Å²) in [5.41, 5.74) is 5.26. The van der Waals surface area contributed by atoms with Crippen molar-refractivity contribution in [2.75, 3.05) is 12.0 Å². The molecule has 1 saturated heterocycles. The van der Waals surface area contributed by atoms with Gasteiger partial charge < -0.3 is 9.47 Å². The van der Waals surface area contributed by atoms with E-state index < -0.39 is 4.92 Å². The Balaban J connectivity index is 1.44. The first-order valence-corrected chi connectivity index (χ1v) is 15.2. The number of hydrogen-bond donors (Lipinski definition) is 0. The lowest BCUT2D eigenvalue weighted by atomic mass is 10.1. The van der Waals surface area contributed by atoms with Crippen LogP contribution in [0.5, 0.6) is 11.5 Å². The van der Waals surface area contributed by atoms with Gasteiger partial charge in [0.2, 0.25) is 0 Å². The first kappa shape index (κ1) is 30.8. The molecule has 10 heteroatoms. The zero-order valence-electron chi connectivity index (χ0n) is 24.5. The van der Waals surface area contributed by atoms with E-state index in [0.29, 0.717) is 32.2 Å². The molecular weight excluding hydrogens is 598 g/mol. The molecule has 44 heavy (non-hydrogen) atoms. The van der Waals surface area contributed by atoms with Gasteiger partial charge in [-0.15, -0.1) is 0 Å². The highest BCUT2D eigenvalue weighted by Gasteiger charge is 2.35. The number of carbonyl (C=O) groups is 1. The van der Waals surface area contributed by atoms with Gasteiger partial charge in [-0.1, -0.05) is 49.7 Å². The predicted octanol–water partition coefficient (Wildman–Crippen LogP) is 8.77. The van der Waals surface area contributed by atoms with E-state index >= 15 is 0 Å². The van der Waals surface area contributed by atoms with Gasteiger partial charge in [-0.2, -0.15) is 0 Å². The van der Waals surface area contributed by atoms with E-state index in [1.165, 1.54) is 42.1 Å². The minimum atomic E-state index is -0.454. The summed E-state index contributed by atoms with van der Waals surface area (Å²) in [4.78, 5) is 31.3. The van der Waals surface area contributed by atoms with Gasteiger partial charge >= 0.3 is 0 Å². The van der Waals surface area contributed by atoms with Crippen LogP contribution in [0, 0.1) is 10.1 Å². The largest absolute Gasteiger partial charge is 0.493 e. The first-order valence-electron chi connectivity index (χ1n) is 14.0. The molecule has 0 saturated carbocycles. The fraction of sp³-hybridized carbons (Fsp3) is 0.176. The van der Waals surface area contributed by atoms with Crippen molar-refractivity contribution in [3.63, 3.8) is 0 Å². The highest BCUT2D eigenvalue weighted by Crippen LogP contribution is 2.41. The summed E-state index contributed by atoms with van der Waals surface area (Å²) in [5.74, 6) is 0.519. The summed E-state index contributed by atoms with van der Waals surface area (Å²) in [6.45, 7) is 4.32. The zero-order valence-corrected chi connectivity index (χ0v) is 26.0. The number of halogens is 1. The lowest BCUT2D eigenvalue weighted by Crippen LogP contribution is -2.28. The molecule has 1 aliphatic heterocycles. The standard InChI is InChI=1S/C34H30ClN3O5S/c1-4-22-6-12-26(13-7-22)36-34-37(27-14-8-23(5-2)9-15-27)33(39)31(44-34)20-25-18-29(35)32(30(19-25)42-3)43-21-24-10-16-28(17-11-24)38(40)41/h6-20H,4-5,21H2,1-3H3/b31-20-,36-34?. The number of ether oxygens (including phenoxy) is 2. The molecule has 1 amide bonds. The summed E-state index contributed by atoms with van der Waals surface area (Å²) in [6.07, 6.45) is 3.59. The molecule has 5 rings (SSSR count). The Morgan fingerprint density at radius 2 is 1.55 bits per heavy atom. The van der Waals surface area contributed by atoms with Gasteiger partial charge in [0, 0.05) is 12.1 Å². The predicted molar refractivity (Wildman–Crippen MR) is 177 cm³/mol. The molecule has 224 valence electrons. The minimum Gasteiger partial charge on any atom is -0.493 e. The Labute approximate surface area is 265 Å². The number of anilines is 1. The fourth-order valence-corrected chi connectivity index (χ4v) is 5.83. The van der Waals surface area contributed by atoms with Crippen molar-refractivity contribution in [2.45, 2.75) is 33.3 Å². The Bertz CT molecular complexity index is 1740. The lowest BCUT2D eigenvalue weighted by Gasteiger charge is -2.16. The Morgan fingerprint density at radius 1 is 0.932 bits per heavy atom. The summed E-state index contributed by atoms with van der Waals surface area (Å²) in [5, 5.41) is 11.8. The van der Waals surface area contributed by atoms with Crippen LogP contribution in [-0.4, -0.2) is 23.1 Å². The molecule has 0 atom stereocenters. The zero-order chi connectivity index (χ0) is 31.2. The molecule has 1 aliphatic rings. The van der Waals surface area contributed by atoms with Crippen LogP contribution in [0.3, 0.4) is 0 Å². The quantitative estimate of drug-likeness (QED) is 0.0991. The first-order chi connectivity index (χ1) is 21.3. The number of carbonyl (C=O) groups excluding carboxylic acids is 1. The lowest BCUT2D eigenvalue weighted by molar-refractivity contribution is -0.384. The normalized spacial score (nSPS) is 14.8. The van der Waals surface area contributed by atoms with Crippen LogP contribution >= 0.6 is 23.4 Å². The molecule has 0 spiro atoms. The molecule has 1 heterocycles. The molecule has 0 N–H and O–H groups in total. The van der Waals surface area contributed by atoms with Crippen LogP contribution in [-0.2, 0) is 24.2 Å². The topological polar surface area (TPSA) is 94.3 Å². The number of nitro benzene ring substituents is 1. The number of hydrogen-bond acceptors (Lipinski definition) is 7. The number of thioether (sulfide) groups is 1. The van der Waals surface area contributed by atoms with Crippen LogP contribution in [0.25, 0.3) is 6.08 Å². The molecular formula is C34H30ClN3O5S. The van der Waals surface area contributed by atoms with Crippen molar-refractivity contribution in [2.24, 2.45) is 4.99 Å². The summed E-state index contributed by atoms with van der Waals surface area (Å²) in [6, 6.07) is 25.4. The number of methoxy groups -OCH3 is 1. The van der Waals surface area contributed by atoms with E-state index in [2.05, 4.69) is 13.8 Å². The minimum absolute atomic E-state index is 0.000208. The van der Waals surface area contributed by atoms with Gasteiger partial charge in [0.25, 0.3) is 11.6 Å². The fourth-order valence-electron chi connectivity index (χ4n) is 4.56. The average Bonchev–Trinajstić information content (AvgIpc) is 3.34. The second-order valence-electron chi connectivity index (χ2n) is 9.93. The second-order valence-corrected chi connectivity index (χ2v) is 11.3. The summed E-state index contributed by atoms with van der Waals surface area (Å²) >= 11 is 7.92. The molecule has 8 nitrogen and oxygen atoms in total. The number of nitro groups is 1. The second kappa shape index (κ2) is 13.8. The maximum atomic E-state index is 13.8. The van der Waals surface area contributed by atoms with Crippen LogP contribution in [0.1, 0.15) is 36.1 Å². The van der Waals surface area contributed by atoms with Crippen molar-refractivity contribution >= 4 is 57.6 Å². The Kier molecular flexibility index (Phi) is 9.67. The number of aliphatic imine (C=N–C) groups is 1. The van der Waals surface area contributed by atoms with Gasteiger partial charge in [0.05, 0.1) is 33.3 Å². The third kappa shape index (κ3) is 6.96. The van der Waals surface area contributed by atoms with Gasteiger partial charge in [-0.05, 0) is 101 Å². The van der Waals surface area contributed by atoms with Crippen molar-refractivity contribution in [3.05, 3.63) is 127 Å². The van der Waals surface area contributed by atoms with Crippen molar-refractivity contribution in [1.29, 1.82) is 0 Å². The molecule has 1 fully saturated rings. The van der Waals surface area contributed by atoms with E-state index in [9.17, 15) is 14.9 Å². The maximum absolute atomic E-state index is 13.8. The van der Waals surface area contributed by atoms with Crippen molar-refractivity contribution in [3.8, 4) is 11.5 Å². The average molecular weight is 628 g/mol. The van der Waals surface area contributed by atoms with Crippen molar-refractivity contribution < 1.29 is 19.2 Å². The van der Waals surface area contributed by atoms with Gasteiger partial charge in [-0.25, -0.2) is 4.99 Å². The maximum Gasteiger partial charge on any atom is 0.271 e. The van der Waals surface area contributed by atoms with Gasteiger partial charge in [-0.3, -0.25) is 19.8 Å². The summed E-state index contributed by atoms with van der Waals surface area (Å²) < 4.78 is 11.5. The number of aryl methyl sites for hydroxylation is 2. The van der Waals surface area contributed by atoms with E-state index in [1.807, 2.05) is 48.5 Å². The third-order valence-electron chi connectivity index (χ3n) is 7.06. The molecule has 0 radical (unpaired) electrons. The molecule has 0 bridgehead atoms. The number of rotatable bonds is 10. The van der Waals surface area contributed by atoms with Crippen LogP contribution in [0.2, 0.25) is 5.02 Å². The highest BCUT2D eigenvalue weighted by molar-refractivity contribution is 8.19. The number of non-ortho nitro benzene ring substituents is 1. The molecule has 0 aromatic heterocycles. The Hall–Kier alpha value is -4.60. The van der Waals surface area contributed by atoms with Crippen LogP contribution < -0.4 is 14.4 Å². The van der Waals surface area contributed by atoms with E-state index in [-0.39, 0.29) is 18.2 Å². The summed E-state index contributed by atoms with van der Waals surface area (Å²) in [7, 11) is 1.51. The number of amidine groups is 1. The van der Waals surface area contributed by atoms with E-state index in [0.717, 1.165) is 29.8 Å². The van der Waals surface area contributed by atoms with Gasteiger partial charge in [0.1, 0.15) is 6.61 Å². The number of nitrogens with zero attached hydrogens (tertiary/aromatic N) is 3. The SMILES string of the molecule is CCc1ccc(N=C2S/C(=C\c3cc(Cl)c(OCc4ccc([N+](=O)[O-])cc4)c(OC)c3)C(=O)N2c2ccc(CC)cc2)cc1. The number of benzene rings is 4. The van der Waals surface area contributed by atoms with Gasteiger partial charge in [0.15, 0.2) is 16.7 Å². The monoisotopic (exact) mass is 627 g/mol. The van der Waals surface area contributed by atoms with Crippen LogP contribution in [0.15, 0.2) is 94.8 Å². The van der Waals surface area contributed by atoms with E-state index in [1.54, 1.807) is 35.2 Å². The van der Waals surface area contributed by atoms with Crippen LogP contribution in [0.4, 0.5) is 17.1 Å². The Morgan fingerprint density at radius 3 is 2.14 bits per heavy atom. The molecule has 4 aromatic rings. The van der Waals surface area contributed by atoms with E-state index in [4.69, 9.17) is 26.1 Å². The molecule has 0 unspecified atom stereocenters. The highest BCUT2D eigenvalue weighted by atomic mass is 35.5. The van der Waals surface area contributed by atoms with Crippen molar-refractivity contribution in [1.82, 2.24) is 0 Å². The molecule has 4 aromatic carbocycles. The number of amides is 1. The smallest absolute Gasteiger partial charge is 0.271 e.